The first-order valence-electron chi connectivity index (χ1n) is 7.21. The summed E-state index contributed by atoms with van der Waals surface area (Å²) >= 11 is 0. The van der Waals surface area contributed by atoms with E-state index in [1.54, 1.807) is 0 Å². The number of hydrogen-bond acceptors (Lipinski definition) is 4. The van der Waals surface area contributed by atoms with Crippen LogP contribution < -0.4 is 5.73 Å². The van der Waals surface area contributed by atoms with E-state index in [2.05, 4.69) is 27.1 Å². The number of anilines is 1. The molecule has 3 aromatic rings. The van der Waals surface area contributed by atoms with E-state index in [0.29, 0.717) is 17.6 Å². The minimum absolute atomic E-state index is 0.545. The largest absolute Gasteiger partial charge is 0.384 e. The summed E-state index contributed by atoms with van der Waals surface area (Å²) in [5.41, 5.74) is 10.00. The van der Waals surface area contributed by atoms with Gasteiger partial charge in [-0.05, 0) is 44.0 Å². The fraction of sp³-hybridized carbons (Fsp3) is 0.235. The van der Waals surface area contributed by atoms with Crippen molar-refractivity contribution in [1.29, 1.82) is 0 Å². The number of aromatic nitrogens is 3. The quantitative estimate of drug-likeness (QED) is 0.778. The van der Waals surface area contributed by atoms with E-state index < -0.39 is 0 Å². The van der Waals surface area contributed by atoms with Crippen LogP contribution in [0.25, 0.3) is 22.3 Å². The van der Waals surface area contributed by atoms with Crippen LogP contribution >= 0.6 is 0 Å². The lowest BCUT2D eigenvalue weighted by Crippen LogP contribution is -1.99. The standard InChI is InChI=1S/C17H16N4/c1-10-2-3-12-8-13(6-7-14(12)19-10)17-20-15(11-4-5-11)9-16(18)21-17/h2-3,6-9,11H,4-5H2,1H3,(H2,18,20,21). The second-order valence-corrected chi connectivity index (χ2v) is 5.68. The molecule has 1 aliphatic carbocycles. The fourth-order valence-corrected chi connectivity index (χ4v) is 2.57. The minimum atomic E-state index is 0.545. The molecule has 4 nitrogen and oxygen atoms in total. The summed E-state index contributed by atoms with van der Waals surface area (Å²) in [5, 5.41) is 1.09. The Labute approximate surface area is 123 Å². The number of pyridine rings is 1. The van der Waals surface area contributed by atoms with E-state index in [4.69, 9.17) is 5.73 Å². The van der Waals surface area contributed by atoms with Gasteiger partial charge < -0.3 is 5.73 Å². The molecule has 0 atom stereocenters. The maximum Gasteiger partial charge on any atom is 0.161 e. The zero-order valence-electron chi connectivity index (χ0n) is 11.9. The highest BCUT2D eigenvalue weighted by Crippen LogP contribution is 2.40. The Bertz CT molecular complexity index is 837. The number of hydrogen-bond donors (Lipinski definition) is 1. The van der Waals surface area contributed by atoms with Gasteiger partial charge in [-0.25, -0.2) is 9.97 Å². The second kappa shape index (κ2) is 4.52. The molecular weight excluding hydrogens is 260 g/mol. The lowest BCUT2D eigenvalue weighted by atomic mass is 10.1. The van der Waals surface area contributed by atoms with Crippen molar-refractivity contribution >= 4 is 16.7 Å². The summed E-state index contributed by atoms with van der Waals surface area (Å²) in [6.45, 7) is 2.00. The third kappa shape index (κ3) is 2.33. The van der Waals surface area contributed by atoms with Gasteiger partial charge in [0.2, 0.25) is 0 Å². The van der Waals surface area contributed by atoms with Gasteiger partial charge in [-0.1, -0.05) is 6.07 Å². The van der Waals surface area contributed by atoms with Crippen molar-refractivity contribution in [2.24, 2.45) is 0 Å². The van der Waals surface area contributed by atoms with Crippen molar-refractivity contribution in [3.8, 4) is 11.4 Å². The highest BCUT2D eigenvalue weighted by Gasteiger charge is 2.26. The number of aryl methyl sites for hydroxylation is 1. The van der Waals surface area contributed by atoms with Gasteiger partial charge in [-0.15, -0.1) is 0 Å². The summed E-state index contributed by atoms with van der Waals surface area (Å²) in [7, 11) is 0. The third-order valence-corrected chi connectivity index (χ3v) is 3.85. The molecule has 1 aromatic carbocycles. The zero-order chi connectivity index (χ0) is 14.4. The molecule has 4 rings (SSSR count). The topological polar surface area (TPSA) is 64.7 Å². The molecular formula is C17H16N4. The van der Waals surface area contributed by atoms with Crippen LogP contribution in [0.15, 0.2) is 36.4 Å². The number of benzene rings is 1. The average molecular weight is 276 g/mol. The molecule has 2 heterocycles. The maximum atomic E-state index is 5.93. The smallest absolute Gasteiger partial charge is 0.161 e. The van der Waals surface area contributed by atoms with Crippen molar-refractivity contribution in [2.75, 3.05) is 5.73 Å². The Morgan fingerprint density at radius 2 is 1.86 bits per heavy atom. The van der Waals surface area contributed by atoms with Crippen molar-refractivity contribution in [2.45, 2.75) is 25.7 Å². The minimum Gasteiger partial charge on any atom is -0.384 e. The third-order valence-electron chi connectivity index (χ3n) is 3.85. The monoisotopic (exact) mass is 276 g/mol. The predicted octanol–water partition coefficient (Wildman–Crippen LogP) is 3.46. The summed E-state index contributed by atoms with van der Waals surface area (Å²) in [4.78, 5) is 13.6. The Kier molecular flexibility index (Phi) is 2.64. The number of nitrogen functional groups attached to an aromatic ring is 1. The molecule has 1 aliphatic rings. The molecule has 0 amide bonds. The Hall–Kier alpha value is -2.49. The summed E-state index contributed by atoms with van der Waals surface area (Å²) in [6.07, 6.45) is 2.41. The van der Waals surface area contributed by atoms with Crippen molar-refractivity contribution in [3.63, 3.8) is 0 Å². The van der Waals surface area contributed by atoms with Gasteiger partial charge in [0.05, 0.1) is 5.52 Å². The van der Waals surface area contributed by atoms with Crippen LogP contribution in [-0.2, 0) is 0 Å². The van der Waals surface area contributed by atoms with Crippen LogP contribution in [0.4, 0.5) is 5.82 Å². The van der Waals surface area contributed by atoms with E-state index >= 15 is 0 Å². The molecule has 0 saturated heterocycles. The van der Waals surface area contributed by atoms with E-state index in [1.165, 1.54) is 12.8 Å². The average Bonchev–Trinajstić information content (AvgIpc) is 3.30. The van der Waals surface area contributed by atoms with Gasteiger partial charge in [0.25, 0.3) is 0 Å². The highest BCUT2D eigenvalue weighted by atomic mass is 15.0. The first kappa shape index (κ1) is 12.3. The highest BCUT2D eigenvalue weighted by molar-refractivity contribution is 5.83. The first-order chi connectivity index (χ1) is 10.2. The molecule has 1 saturated carbocycles. The zero-order valence-corrected chi connectivity index (χ0v) is 11.9. The molecule has 0 aliphatic heterocycles. The number of rotatable bonds is 2. The molecule has 104 valence electrons. The molecule has 0 bridgehead atoms. The molecule has 0 spiro atoms. The van der Waals surface area contributed by atoms with Crippen LogP contribution in [0.1, 0.15) is 30.1 Å². The molecule has 2 aromatic heterocycles. The van der Waals surface area contributed by atoms with Gasteiger partial charge in [0.15, 0.2) is 5.82 Å². The van der Waals surface area contributed by atoms with E-state index in [1.807, 2.05) is 31.2 Å². The van der Waals surface area contributed by atoms with Crippen LogP contribution in [0, 0.1) is 6.92 Å². The van der Waals surface area contributed by atoms with Crippen LogP contribution in [0.2, 0.25) is 0 Å². The molecule has 1 fully saturated rings. The Balaban J connectivity index is 1.83. The molecule has 21 heavy (non-hydrogen) atoms. The number of nitrogens with zero attached hydrogens (tertiary/aromatic N) is 3. The van der Waals surface area contributed by atoms with Crippen molar-refractivity contribution in [1.82, 2.24) is 15.0 Å². The van der Waals surface area contributed by atoms with Gasteiger partial charge in [0, 0.05) is 34.3 Å². The van der Waals surface area contributed by atoms with Crippen LogP contribution in [0.3, 0.4) is 0 Å². The van der Waals surface area contributed by atoms with E-state index in [-0.39, 0.29) is 0 Å². The lowest BCUT2D eigenvalue weighted by molar-refractivity contribution is 0.998. The number of nitrogens with two attached hydrogens (primary N) is 1. The molecule has 0 radical (unpaired) electrons. The molecule has 2 N–H and O–H groups in total. The fourth-order valence-electron chi connectivity index (χ4n) is 2.57. The second-order valence-electron chi connectivity index (χ2n) is 5.68. The predicted molar refractivity (Wildman–Crippen MR) is 83.9 cm³/mol. The summed E-state index contributed by atoms with van der Waals surface area (Å²) in [5.74, 6) is 1.82. The Morgan fingerprint density at radius 1 is 1.00 bits per heavy atom. The first-order valence-corrected chi connectivity index (χ1v) is 7.21. The van der Waals surface area contributed by atoms with Crippen LogP contribution in [0.5, 0.6) is 0 Å². The van der Waals surface area contributed by atoms with Crippen molar-refractivity contribution < 1.29 is 0 Å². The summed E-state index contributed by atoms with van der Waals surface area (Å²) < 4.78 is 0. The Morgan fingerprint density at radius 3 is 2.67 bits per heavy atom. The number of fused-ring (bicyclic) bond motifs is 1. The lowest BCUT2D eigenvalue weighted by Gasteiger charge is -2.06. The molecule has 4 heteroatoms. The SMILES string of the molecule is Cc1ccc2cc(-c3nc(N)cc(C4CC4)n3)ccc2n1. The van der Waals surface area contributed by atoms with Gasteiger partial charge in [0.1, 0.15) is 5.82 Å². The molecule has 0 unspecified atom stereocenters. The summed E-state index contributed by atoms with van der Waals surface area (Å²) in [6, 6.07) is 12.1. The van der Waals surface area contributed by atoms with Crippen molar-refractivity contribution in [3.05, 3.63) is 47.8 Å². The van der Waals surface area contributed by atoms with E-state index in [9.17, 15) is 0 Å². The van der Waals surface area contributed by atoms with Gasteiger partial charge in [-0.2, -0.15) is 0 Å². The normalized spacial score (nSPS) is 14.5. The van der Waals surface area contributed by atoms with Gasteiger partial charge in [-0.3, -0.25) is 4.98 Å². The van der Waals surface area contributed by atoms with Gasteiger partial charge >= 0.3 is 0 Å². The van der Waals surface area contributed by atoms with E-state index in [0.717, 1.165) is 27.9 Å². The maximum absolute atomic E-state index is 5.93. The van der Waals surface area contributed by atoms with Crippen LogP contribution in [-0.4, -0.2) is 15.0 Å².